The van der Waals surface area contributed by atoms with Crippen molar-refractivity contribution in [1.29, 1.82) is 0 Å². The molecule has 2 saturated heterocycles. The molecule has 10 heterocycles. The van der Waals surface area contributed by atoms with Crippen molar-refractivity contribution >= 4 is 139 Å². The van der Waals surface area contributed by atoms with E-state index in [-0.39, 0.29) is 13.2 Å². The van der Waals surface area contributed by atoms with Gasteiger partial charge in [0.1, 0.15) is 12.4 Å². The third kappa shape index (κ3) is 52.3. The van der Waals surface area contributed by atoms with Gasteiger partial charge in [-0.2, -0.15) is 39.3 Å². The van der Waals surface area contributed by atoms with E-state index in [4.69, 9.17) is 50.9 Å². The lowest BCUT2D eigenvalue weighted by Crippen LogP contribution is -2.29. The number of hydrogen-bond donors (Lipinski definition) is 8. The molecule has 0 unspecified atom stereocenters. The second-order valence-electron chi connectivity index (χ2n) is 31.5. The number of alkyl halides is 1. The van der Waals surface area contributed by atoms with E-state index in [1.807, 2.05) is 62.1 Å². The standard InChI is InChI=1S/C19H25N3O2S.C19H25N3S.C18H25N3O2S.C13H15IN2S.C8H9ClS.C6H11NO.C5H7IN2.C5H8N2.C5H8O.C5H6O.C2H6O.CH4O.H4N2/c1-4-19-18(16-9-11-21(2)12-10-16)14-22(20-19)13-15-5-7-17(8-6-15)25-24-23-3;1-4-19-18(16-9-11-21(2)12-10-16)14-22(20-19)13-15-5-7-17(23-3)8-6-15;1-3-18-17(15-8-10-19-11-9-15)13-21(20-18)12-14-4-6-16(7-5-14)24-23-22-2;1-3-13-12(14)9-16(15-13)8-10-4-6-11(17-2)7-5-10;1-10-8-4-2-7(6-9)3-5-8;1-7-4-2-6(8)3-5-7;1-2-5-4(6)3-7-8-5;1-2-5-3-4-6-7-5;2*1-2-3-4-5-6;1-2-3;2*1-2/h5-9,14H,4,10-13H2,1-3H3;5-9,14H,4,10-13H2,1-3H3;4-7,13,15,19H,3,8-12H2,1-2H3;4-7,9H,3,8H2,1-2H3;2-5H,6H2,1H3;2-5H2,1H3;3H,2H2,1H3,(H,7,8);3-4H,2H2,1H3,(H,6,7);6H,2,5H2,1H3;5H,2H2,1H3;3H,2H2,1H3;2H,1H3;1-2H2. The highest BCUT2D eigenvalue weighted by Crippen LogP contribution is 2.32. The van der Waals surface area contributed by atoms with Gasteiger partial charge in [-0.15, -0.1) is 52.8 Å². The first kappa shape index (κ1) is 127. The summed E-state index contributed by atoms with van der Waals surface area (Å²) >= 11 is 17.9. The van der Waals surface area contributed by atoms with E-state index in [1.165, 1.54) is 163 Å². The van der Waals surface area contributed by atoms with Gasteiger partial charge in [0.25, 0.3) is 0 Å². The Hall–Kier alpha value is -7.72. The largest absolute Gasteiger partial charge is 0.400 e. The van der Waals surface area contributed by atoms with Crippen LogP contribution in [0, 0.1) is 30.8 Å². The highest BCUT2D eigenvalue weighted by molar-refractivity contribution is 14.1. The Morgan fingerprint density at radius 3 is 1.18 bits per heavy atom. The van der Waals surface area contributed by atoms with Crippen LogP contribution in [0.2, 0.25) is 0 Å². The van der Waals surface area contributed by atoms with E-state index in [0.717, 1.165) is 172 Å². The molecule has 141 heavy (non-hydrogen) atoms. The monoisotopic (exact) mass is 2270 g/mol. The number of thioether (sulfide) groups is 3. The number of carbonyl (C=O) groups excluding carboxylic acids is 2. The number of aldehydes is 1. The third-order valence-electron chi connectivity index (χ3n) is 21.4. The summed E-state index contributed by atoms with van der Waals surface area (Å²) in [5, 5.41) is 58.4. The Balaban J connectivity index is 0.000000416. The fraction of sp³-hybridized carbons (Fsp3) is 0.453. The fourth-order valence-corrected chi connectivity index (χ4v) is 17.5. The highest BCUT2D eigenvalue weighted by Gasteiger charge is 2.23. The molecule has 10 N–H and O–H groups in total. The number of aromatic nitrogens is 12. The number of halogens is 3. The van der Waals surface area contributed by atoms with Gasteiger partial charge in [-0.25, -0.2) is 9.78 Å². The van der Waals surface area contributed by atoms with Crippen molar-refractivity contribution in [2.24, 2.45) is 11.7 Å². The maximum atomic E-state index is 10.6. The SMILES string of the molecule is CCC#CC=O.CCC#CCO.CCO.CCc1[nH]ncc1I.CCc1ccn[nH]1.CCc1nn(Cc2ccc(SC)cc2)cc1C1=CCN(C)CC1.CCc1nn(Cc2ccc(SC)cc2)cc1I.CCc1nn(Cc2ccc(SOOC)cc2)cc1C1=CCN(C)CC1.CCc1nn(Cc2ccc(SOOC)cc2)cc1C1CCNCC1.CN1CCC(=O)CC1.CO.CSc1ccc(CCl)cc1.NN. The zero-order valence-electron chi connectivity index (χ0n) is 85.8. The molecule has 0 spiro atoms. The maximum Gasteiger partial charge on any atom is 0.192 e. The lowest BCUT2D eigenvalue weighted by molar-refractivity contribution is -0.160. The number of nitrogens with zero attached hydrogens (tertiary/aromatic N) is 13. The third-order valence-corrected chi connectivity index (χ3v) is 27.2. The second-order valence-corrected chi connectivity index (χ2v) is 38.3. The number of piperidine rings is 2. The van der Waals surface area contributed by atoms with Gasteiger partial charge in [0.2, 0.25) is 0 Å². The van der Waals surface area contributed by atoms with Crippen LogP contribution in [-0.2, 0) is 98.6 Å². The van der Waals surface area contributed by atoms with Crippen LogP contribution in [0.25, 0.3) is 11.1 Å². The molecule has 6 aromatic heterocycles. The summed E-state index contributed by atoms with van der Waals surface area (Å²) in [5.74, 6) is 19.7. The van der Waals surface area contributed by atoms with Crippen LogP contribution in [0.4, 0.5) is 0 Å². The molecule has 0 atom stereocenters. The molecule has 11 aromatic rings. The topological polar surface area (TPSA) is 334 Å². The maximum absolute atomic E-state index is 10.6. The van der Waals surface area contributed by atoms with Gasteiger partial charge in [-0.1, -0.05) is 140 Å². The second kappa shape index (κ2) is 79.6. The number of likely N-dealkylation sites (tertiary alicyclic amines) is 1. The van der Waals surface area contributed by atoms with Crippen molar-refractivity contribution < 1.29 is 43.4 Å². The Kier molecular flexibility index (Phi) is 71.9. The molecular formula is C106H153ClI2N18O9S5. The number of likely N-dealkylation sites (N-methyl/N-ethyl adjacent to an activating group) is 2. The zero-order chi connectivity index (χ0) is 104. The van der Waals surface area contributed by atoms with Crippen molar-refractivity contribution in [2.75, 3.05) is 127 Å². The van der Waals surface area contributed by atoms with Crippen molar-refractivity contribution in [3.63, 3.8) is 0 Å². The van der Waals surface area contributed by atoms with Gasteiger partial charge < -0.3 is 35.3 Å². The molecule has 772 valence electrons. The first-order chi connectivity index (χ1) is 68.6. The lowest BCUT2D eigenvalue weighted by atomic mass is 9.90. The van der Waals surface area contributed by atoms with Crippen LogP contribution in [0.3, 0.4) is 0 Å². The number of Topliss-reactive ketones (excluding diaryl/α,β-unsaturated/α-hetero) is 1. The van der Waals surface area contributed by atoms with E-state index < -0.39 is 0 Å². The lowest BCUT2D eigenvalue weighted by Gasteiger charge is -2.22. The number of aliphatic hydroxyl groups is 3. The molecule has 4 aliphatic rings. The van der Waals surface area contributed by atoms with E-state index in [9.17, 15) is 9.59 Å². The zero-order valence-corrected chi connectivity index (χ0v) is 95.0. The number of aliphatic hydroxyl groups excluding tert-OH is 3. The van der Waals surface area contributed by atoms with E-state index in [2.05, 4.69) is 358 Å². The van der Waals surface area contributed by atoms with Crippen LogP contribution < -0.4 is 17.0 Å². The normalized spacial score (nSPS) is 13.0. The molecule has 0 amide bonds. The smallest absolute Gasteiger partial charge is 0.192 e. The number of nitrogens with two attached hydrogens (primary N) is 2. The summed E-state index contributed by atoms with van der Waals surface area (Å²) in [5.41, 5.74) is 20.5. The van der Waals surface area contributed by atoms with Crippen LogP contribution >= 0.6 is 116 Å². The van der Waals surface area contributed by atoms with Crippen molar-refractivity contribution in [1.82, 2.24) is 79.5 Å². The first-order valence-electron chi connectivity index (χ1n) is 47.6. The number of rotatable bonds is 27. The number of benzene rings is 5. The van der Waals surface area contributed by atoms with E-state index in [1.54, 1.807) is 48.4 Å². The summed E-state index contributed by atoms with van der Waals surface area (Å²) in [6.45, 7) is 30.4. The average Bonchev–Trinajstić information content (AvgIpc) is 1.69. The average molecular weight is 2270 g/mol. The molecular weight excluding hydrogens is 2120 g/mol. The number of aryl methyl sites for hydroxylation is 6. The Morgan fingerprint density at radius 2 is 0.887 bits per heavy atom. The summed E-state index contributed by atoms with van der Waals surface area (Å²) in [6, 6.07) is 44.3. The van der Waals surface area contributed by atoms with Crippen LogP contribution in [0.1, 0.15) is 198 Å². The van der Waals surface area contributed by atoms with Gasteiger partial charge in [0.05, 0.1) is 101 Å². The summed E-state index contributed by atoms with van der Waals surface area (Å²) in [7, 11) is 10.4. The van der Waals surface area contributed by atoms with Crippen LogP contribution in [-0.4, -0.2) is 228 Å². The molecule has 35 heteroatoms. The molecule has 0 radical (unpaired) electrons. The quantitative estimate of drug-likeness (QED) is 0.00273. The number of nitrogens with one attached hydrogen (secondary N) is 3. The minimum absolute atomic E-state index is 0.00611. The van der Waals surface area contributed by atoms with Crippen molar-refractivity contribution in [3.8, 4) is 23.7 Å². The fourth-order valence-electron chi connectivity index (χ4n) is 13.8. The molecule has 15 rings (SSSR count). The van der Waals surface area contributed by atoms with Gasteiger partial charge in [-0.3, -0.25) is 50.2 Å². The highest BCUT2D eigenvalue weighted by atomic mass is 127. The van der Waals surface area contributed by atoms with Crippen LogP contribution in [0.5, 0.6) is 0 Å². The van der Waals surface area contributed by atoms with Gasteiger partial charge in [0.15, 0.2) is 6.29 Å². The number of hydrazine groups is 1. The van der Waals surface area contributed by atoms with Crippen LogP contribution in [0.15, 0.2) is 201 Å². The Bertz CT molecular complexity index is 5270. The Morgan fingerprint density at radius 1 is 0.489 bits per heavy atom. The molecule has 0 saturated carbocycles. The molecule has 5 aromatic carbocycles. The first-order valence-corrected chi connectivity index (χ1v) is 55.4. The number of hydrogen-bond acceptors (Lipinski definition) is 26. The molecule has 4 aliphatic heterocycles. The van der Waals surface area contributed by atoms with E-state index >= 15 is 0 Å². The minimum atomic E-state index is -0.00611. The van der Waals surface area contributed by atoms with Crippen molar-refractivity contribution in [3.05, 3.63) is 263 Å². The van der Waals surface area contributed by atoms with Gasteiger partial charge in [0, 0.05) is 163 Å². The molecule has 0 bridgehead atoms. The number of aromatic amines is 2. The predicted octanol–water partition coefficient (Wildman–Crippen LogP) is 20.5. The van der Waals surface area contributed by atoms with Gasteiger partial charge in [-0.05, 0) is 292 Å². The molecule has 27 nitrogen and oxygen atoms in total. The number of ketones is 1. The summed E-state index contributed by atoms with van der Waals surface area (Å²) in [4.78, 5) is 42.0. The minimum Gasteiger partial charge on any atom is -0.400 e. The summed E-state index contributed by atoms with van der Waals surface area (Å²) in [6.07, 6.45) is 37.7. The predicted molar refractivity (Wildman–Crippen MR) is 605 cm³/mol. The van der Waals surface area contributed by atoms with Gasteiger partial charge >= 0.3 is 0 Å². The van der Waals surface area contributed by atoms with Crippen molar-refractivity contribution in [2.45, 2.75) is 215 Å². The molecule has 2 fully saturated rings. The van der Waals surface area contributed by atoms with E-state index in [0.29, 0.717) is 23.9 Å². The Labute approximate surface area is 893 Å². The number of carbonyl (C=O) groups is 2. The summed E-state index contributed by atoms with van der Waals surface area (Å²) < 4.78 is 20.5. The molecule has 0 aliphatic carbocycles. The number of H-pyrrole nitrogens is 2.